The van der Waals surface area contributed by atoms with E-state index < -0.39 is 6.10 Å². The number of nitriles is 1. The minimum atomic E-state index is -0.486. The van der Waals surface area contributed by atoms with Gasteiger partial charge in [-0.25, -0.2) is 0 Å². The van der Waals surface area contributed by atoms with Crippen molar-refractivity contribution in [2.75, 3.05) is 11.4 Å². The monoisotopic (exact) mass is 270 g/mol. The molecule has 0 amide bonds. The number of aliphatic hydroxyl groups is 1. The lowest BCUT2D eigenvalue weighted by Gasteiger charge is -2.34. The van der Waals surface area contributed by atoms with Gasteiger partial charge in [0.15, 0.2) is 0 Å². The third-order valence-electron chi connectivity index (χ3n) is 4.93. The quantitative estimate of drug-likeness (QED) is 0.896. The zero-order valence-electron chi connectivity index (χ0n) is 12.0. The van der Waals surface area contributed by atoms with Gasteiger partial charge in [0.25, 0.3) is 0 Å². The molecule has 1 aromatic rings. The number of benzene rings is 1. The number of hydrogen-bond donors (Lipinski definition) is 1. The predicted molar refractivity (Wildman–Crippen MR) is 79.5 cm³/mol. The van der Waals surface area contributed by atoms with Crippen molar-refractivity contribution in [2.45, 2.75) is 51.2 Å². The van der Waals surface area contributed by atoms with Gasteiger partial charge >= 0.3 is 0 Å². The van der Waals surface area contributed by atoms with Gasteiger partial charge in [0.1, 0.15) is 0 Å². The summed E-state index contributed by atoms with van der Waals surface area (Å²) < 4.78 is 0. The largest absolute Gasteiger partial charge is 0.389 e. The fraction of sp³-hybridized carbons (Fsp3) is 0.588. The van der Waals surface area contributed by atoms with Crippen LogP contribution in [0.3, 0.4) is 0 Å². The fourth-order valence-corrected chi connectivity index (χ4v) is 3.92. The normalized spacial score (nSPS) is 26.9. The minimum absolute atomic E-state index is 0.486. The van der Waals surface area contributed by atoms with Gasteiger partial charge in [-0.05, 0) is 44.2 Å². The van der Waals surface area contributed by atoms with E-state index in [-0.39, 0.29) is 0 Å². The fourth-order valence-electron chi connectivity index (χ4n) is 3.92. The molecule has 1 saturated heterocycles. The number of nitrogens with zero attached hydrogens (tertiary/aromatic N) is 2. The van der Waals surface area contributed by atoms with E-state index in [1.165, 1.54) is 32.1 Å². The minimum Gasteiger partial charge on any atom is -0.389 e. The summed E-state index contributed by atoms with van der Waals surface area (Å²) in [4.78, 5) is 2.45. The van der Waals surface area contributed by atoms with Gasteiger partial charge in [-0.1, -0.05) is 18.9 Å². The van der Waals surface area contributed by atoms with E-state index in [4.69, 9.17) is 5.26 Å². The highest BCUT2D eigenvalue weighted by Crippen LogP contribution is 2.41. The second kappa shape index (κ2) is 5.46. The number of anilines is 1. The molecule has 1 aliphatic carbocycles. The summed E-state index contributed by atoms with van der Waals surface area (Å²) in [6.07, 6.45) is 6.01. The predicted octanol–water partition coefficient (Wildman–Crippen LogP) is 3.38. The van der Waals surface area contributed by atoms with E-state index in [0.29, 0.717) is 11.6 Å². The number of fused-ring (bicyclic) bond motifs is 1. The van der Waals surface area contributed by atoms with Gasteiger partial charge in [-0.15, -0.1) is 0 Å². The maximum absolute atomic E-state index is 10.0. The summed E-state index contributed by atoms with van der Waals surface area (Å²) in [5.41, 5.74) is 2.72. The van der Waals surface area contributed by atoms with Crippen LogP contribution >= 0.6 is 0 Å². The van der Waals surface area contributed by atoms with Crippen molar-refractivity contribution in [3.63, 3.8) is 0 Å². The van der Waals surface area contributed by atoms with Gasteiger partial charge in [0, 0.05) is 23.8 Å². The second-order valence-electron chi connectivity index (χ2n) is 6.16. The van der Waals surface area contributed by atoms with Gasteiger partial charge in [-0.2, -0.15) is 5.26 Å². The van der Waals surface area contributed by atoms with Crippen LogP contribution in [0.25, 0.3) is 0 Å². The average Bonchev–Trinajstić information content (AvgIpc) is 2.90. The van der Waals surface area contributed by atoms with Gasteiger partial charge < -0.3 is 10.0 Å². The third-order valence-corrected chi connectivity index (χ3v) is 4.93. The molecular weight excluding hydrogens is 248 g/mol. The molecule has 2 fully saturated rings. The highest BCUT2D eigenvalue weighted by Gasteiger charge is 2.36. The maximum Gasteiger partial charge on any atom is 0.0992 e. The van der Waals surface area contributed by atoms with Crippen molar-refractivity contribution < 1.29 is 5.11 Å². The summed E-state index contributed by atoms with van der Waals surface area (Å²) in [5.74, 6) is 0.802. The molecule has 3 rings (SSSR count). The first kappa shape index (κ1) is 13.5. The van der Waals surface area contributed by atoms with Crippen molar-refractivity contribution in [1.29, 1.82) is 5.26 Å². The Morgan fingerprint density at radius 3 is 2.85 bits per heavy atom. The average molecular weight is 270 g/mol. The Hall–Kier alpha value is -1.53. The molecule has 3 heteroatoms. The molecule has 1 saturated carbocycles. The highest BCUT2D eigenvalue weighted by atomic mass is 16.3. The van der Waals surface area contributed by atoms with E-state index in [2.05, 4.69) is 11.0 Å². The van der Waals surface area contributed by atoms with Crippen LogP contribution in [0.1, 0.15) is 56.3 Å². The van der Waals surface area contributed by atoms with Gasteiger partial charge in [-0.3, -0.25) is 0 Å². The number of rotatable bonds is 2. The van der Waals surface area contributed by atoms with E-state index in [0.717, 1.165) is 23.7 Å². The lowest BCUT2D eigenvalue weighted by atomic mass is 9.85. The molecule has 0 aromatic heterocycles. The third kappa shape index (κ3) is 2.29. The van der Waals surface area contributed by atoms with E-state index in [1.807, 2.05) is 12.1 Å². The summed E-state index contributed by atoms with van der Waals surface area (Å²) in [6.45, 7) is 2.86. The standard InChI is InChI=1S/C17H22N2O/c1-12(20)15-7-6-13(11-18)10-17(15)19-9-8-14-4-2-3-5-16(14)19/h6-7,10,12,14,16,20H,2-5,8-9H2,1H3/t12-,14?,16?/m0/s1. The molecular formula is C17H22N2O. The van der Waals surface area contributed by atoms with Crippen molar-refractivity contribution >= 4 is 5.69 Å². The zero-order valence-corrected chi connectivity index (χ0v) is 12.0. The molecule has 106 valence electrons. The molecule has 1 aromatic carbocycles. The Bertz CT molecular complexity index is 532. The highest BCUT2D eigenvalue weighted by molar-refractivity contribution is 5.60. The smallest absolute Gasteiger partial charge is 0.0992 e. The number of aliphatic hydroxyl groups excluding tert-OH is 1. The summed E-state index contributed by atoms with van der Waals surface area (Å²) in [5, 5.41) is 19.2. The molecule has 3 nitrogen and oxygen atoms in total. The second-order valence-corrected chi connectivity index (χ2v) is 6.16. The van der Waals surface area contributed by atoms with E-state index in [9.17, 15) is 5.11 Å². The Labute approximate surface area is 120 Å². The summed E-state index contributed by atoms with van der Waals surface area (Å²) in [6, 6.07) is 8.50. The lowest BCUT2D eigenvalue weighted by molar-refractivity contribution is 0.199. The van der Waals surface area contributed by atoms with Crippen molar-refractivity contribution in [3.05, 3.63) is 29.3 Å². The first-order valence-corrected chi connectivity index (χ1v) is 7.69. The van der Waals surface area contributed by atoms with E-state index >= 15 is 0 Å². The van der Waals surface area contributed by atoms with Crippen LogP contribution in [0.15, 0.2) is 18.2 Å². The molecule has 1 aliphatic heterocycles. The molecule has 2 unspecified atom stereocenters. The van der Waals surface area contributed by atoms with Crippen LogP contribution in [-0.4, -0.2) is 17.7 Å². The van der Waals surface area contributed by atoms with Crippen LogP contribution in [0, 0.1) is 17.2 Å². The first-order valence-electron chi connectivity index (χ1n) is 7.69. The Morgan fingerprint density at radius 1 is 1.30 bits per heavy atom. The van der Waals surface area contributed by atoms with Crippen LogP contribution < -0.4 is 4.90 Å². The van der Waals surface area contributed by atoms with Crippen LogP contribution in [0.5, 0.6) is 0 Å². The molecule has 1 heterocycles. The Balaban J connectivity index is 1.98. The molecule has 2 aliphatic rings. The van der Waals surface area contributed by atoms with Crippen LogP contribution in [-0.2, 0) is 0 Å². The first-order chi connectivity index (χ1) is 9.70. The molecule has 0 bridgehead atoms. The summed E-state index contributed by atoms with van der Waals surface area (Å²) >= 11 is 0. The van der Waals surface area contributed by atoms with E-state index in [1.54, 1.807) is 13.0 Å². The lowest BCUT2D eigenvalue weighted by Crippen LogP contribution is -2.35. The molecule has 3 atom stereocenters. The Kier molecular flexibility index (Phi) is 3.67. The van der Waals surface area contributed by atoms with Crippen molar-refractivity contribution in [2.24, 2.45) is 5.92 Å². The molecule has 0 spiro atoms. The molecule has 20 heavy (non-hydrogen) atoms. The SMILES string of the molecule is C[C@H](O)c1ccc(C#N)cc1N1CCC2CCCCC21. The van der Waals surface area contributed by atoms with Crippen LogP contribution in [0.4, 0.5) is 5.69 Å². The van der Waals surface area contributed by atoms with Crippen molar-refractivity contribution in [3.8, 4) is 6.07 Å². The van der Waals surface area contributed by atoms with Gasteiger partial charge in [0.05, 0.1) is 17.7 Å². The molecule has 1 N–H and O–H groups in total. The topological polar surface area (TPSA) is 47.3 Å². The zero-order chi connectivity index (χ0) is 14.1. The van der Waals surface area contributed by atoms with Crippen molar-refractivity contribution in [1.82, 2.24) is 0 Å². The number of hydrogen-bond acceptors (Lipinski definition) is 3. The Morgan fingerprint density at radius 2 is 2.10 bits per heavy atom. The molecule has 0 radical (unpaired) electrons. The maximum atomic E-state index is 10.0. The van der Waals surface area contributed by atoms with Crippen LogP contribution in [0.2, 0.25) is 0 Å². The van der Waals surface area contributed by atoms with Gasteiger partial charge in [0.2, 0.25) is 0 Å². The summed E-state index contributed by atoms with van der Waals surface area (Å²) in [7, 11) is 0.